The molecule has 2 amide bonds. The Kier molecular flexibility index (Phi) is 7.76. The number of anilines is 1. The second-order valence-electron chi connectivity index (χ2n) is 7.36. The maximum absolute atomic E-state index is 12.3. The molecule has 28 heavy (non-hydrogen) atoms. The fourth-order valence-corrected chi connectivity index (χ4v) is 3.09. The molecular formula is C23H31N3O2. The molecular weight excluding hydrogens is 350 g/mol. The summed E-state index contributed by atoms with van der Waals surface area (Å²) in [6, 6.07) is 13.9. The van der Waals surface area contributed by atoms with Gasteiger partial charge in [0.25, 0.3) is 0 Å². The van der Waals surface area contributed by atoms with Crippen LogP contribution >= 0.6 is 0 Å². The minimum absolute atomic E-state index is 0.0783. The standard InChI is InChI=1S/C23H31N3O2/c1-6-19-9-7-8-10-21(19)25-23(28)15-26(5)14-22(27)24-18(4)20-12-11-16(2)17(3)13-20/h7-13,18H,6,14-15H2,1-5H3,(H,24,27)(H,25,28). The number of likely N-dealkylation sites (N-methyl/N-ethyl adjacent to an activating group) is 1. The zero-order valence-corrected chi connectivity index (χ0v) is 17.5. The van der Waals surface area contributed by atoms with Crippen LogP contribution in [0.2, 0.25) is 0 Å². The van der Waals surface area contributed by atoms with Crippen LogP contribution in [0.25, 0.3) is 0 Å². The molecule has 0 aromatic heterocycles. The van der Waals surface area contributed by atoms with Crippen LogP contribution in [-0.4, -0.2) is 36.9 Å². The van der Waals surface area contributed by atoms with E-state index in [4.69, 9.17) is 0 Å². The Hall–Kier alpha value is -2.66. The Morgan fingerprint density at radius 3 is 2.36 bits per heavy atom. The summed E-state index contributed by atoms with van der Waals surface area (Å²) in [5.41, 5.74) is 5.44. The quantitative estimate of drug-likeness (QED) is 0.734. The van der Waals surface area contributed by atoms with Crippen molar-refractivity contribution < 1.29 is 9.59 Å². The minimum atomic E-state index is -0.126. The number of carbonyl (C=O) groups excluding carboxylic acids is 2. The molecule has 0 bridgehead atoms. The Morgan fingerprint density at radius 2 is 1.68 bits per heavy atom. The maximum atomic E-state index is 12.3. The lowest BCUT2D eigenvalue weighted by Crippen LogP contribution is -2.39. The van der Waals surface area contributed by atoms with Gasteiger partial charge in [0.05, 0.1) is 19.1 Å². The fraction of sp³-hybridized carbons (Fsp3) is 0.391. The van der Waals surface area contributed by atoms with Crippen molar-refractivity contribution in [3.8, 4) is 0 Å². The third-order valence-corrected chi connectivity index (χ3v) is 4.91. The third-order valence-electron chi connectivity index (χ3n) is 4.91. The van der Waals surface area contributed by atoms with Crippen LogP contribution in [0.1, 0.15) is 42.1 Å². The highest BCUT2D eigenvalue weighted by molar-refractivity contribution is 5.93. The van der Waals surface area contributed by atoms with Crippen molar-refractivity contribution >= 4 is 17.5 Å². The van der Waals surface area contributed by atoms with Gasteiger partial charge >= 0.3 is 0 Å². The molecule has 0 radical (unpaired) electrons. The van der Waals surface area contributed by atoms with Crippen molar-refractivity contribution in [3.05, 3.63) is 64.7 Å². The van der Waals surface area contributed by atoms with Gasteiger partial charge in [-0.25, -0.2) is 0 Å². The second kappa shape index (κ2) is 10.0. The molecule has 150 valence electrons. The summed E-state index contributed by atoms with van der Waals surface area (Å²) in [4.78, 5) is 26.4. The fourth-order valence-electron chi connectivity index (χ4n) is 3.09. The van der Waals surface area contributed by atoms with E-state index in [1.54, 1.807) is 11.9 Å². The summed E-state index contributed by atoms with van der Waals surface area (Å²) in [6.07, 6.45) is 0.852. The van der Waals surface area contributed by atoms with Crippen molar-refractivity contribution in [2.45, 2.75) is 40.2 Å². The lowest BCUT2D eigenvalue weighted by molar-refractivity contribution is -0.123. The van der Waals surface area contributed by atoms with Gasteiger partial charge < -0.3 is 10.6 Å². The molecule has 2 N–H and O–H groups in total. The first-order chi connectivity index (χ1) is 13.3. The lowest BCUT2D eigenvalue weighted by Gasteiger charge is -2.20. The minimum Gasteiger partial charge on any atom is -0.348 e. The molecule has 5 nitrogen and oxygen atoms in total. The predicted molar refractivity (Wildman–Crippen MR) is 114 cm³/mol. The number of aryl methyl sites for hydroxylation is 3. The average Bonchev–Trinajstić information content (AvgIpc) is 2.63. The van der Waals surface area contributed by atoms with Crippen molar-refractivity contribution in [2.24, 2.45) is 0 Å². The summed E-state index contributed by atoms with van der Waals surface area (Å²) in [6.45, 7) is 8.48. The monoisotopic (exact) mass is 381 g/mol. The number of para-hydroxylation sites is 1. The highest BCUT2D eigenvalue weighted by Crippen LogP contribution is 2.17. The van der Waals surface area contributed by atoms with Crippen LogP contribution in [0.4, 0.5) is 5.69 Å². The topological polar surface area (TPSA) is 61.4 Å². The molecule has 2 rings (SSSR count). The highest BCUT2D eigenvalue weighted by atomic mass is 16.2. The summed E-state index contributed by atoms with van der Waals surface area (Å²) in [5, 5.41) is 5.93. The van der Waals surface area contributed by atoms with Crippen LogP contribution in [0, 0.1) is 13.8 Å². The molecule has 0 heterocycles. The first-order valence-electron chi connectivity index (χ1n) is 9.73. The average molecular weight is 382 g/mol. The molecule has 0 saturated heterocycles. The normalized spacial score (nSPS) is 11.9. The maximum Gasteiger partial charge on any atom is 0.238 e. The zero-order valence-electron chi connectivity index (χ0n) is 17.5. The molecule has 2 aromatic rings. The van der Waals surface area contributed by atoms with Crippen LogP contribution in [0.5, 0.6) is 0 Å². The molecule has 2 aromatic carbocycles. The molecule has 1 unspecified atom stereocenters. The summed E-state index contributed by atoms with van der Waals surface area (Å²) in [5.74, 6) is -0.228. The van der Waals surface area contributed by atoms with E-state index in [-0.39, 0.29) is 30.9 Å². The van der Waals surface area contributed by atoms with Gasteiger partial charge in [-0.15, -0.1) is 0 Å². The van der Waals surface area contributed by atoms with E-state index in [9.17, 15) is 9.59 Å². The molecule has 0 saturated carbocycles. The largest absolute Gasteiger partial charge is 0.348 e. The predicted octanol–water partition coefficient (Wildman–Crippen LogP) is 3.61. The van der Waals surface area contributed by atoms with Gasteiger partial charge in [-0.2, -0.15) is 0 Å². The molecule has 0 spiro atoms. The van der Waals surface area contributed by atoms with Gasteiger partial charge in [-0.05, 0) is 62.6 Å². The third kappa shape index (κ3) is 6.20. The number of benzene rings is 2. The first kappa shape index (κ1) is 21.6. The number of hydrogen-bond acceptors (Lipinski definition) is 3. The number of amides is 2. The van der Waals surface area contributed by atoms with E-state index in [2.05, 4.69) is 43.5 Å². The number of nitrogens with one attached hydrogen (secondary N) is 2. The number of rotatable bonds is 8. The van der Waals surface area contributed by atoms with E-state index in [0.717, 1.165) is 23.2 Å². The summed E-state index contributed by atoms with van der Waals surface area (Å²) >= 11 is 0. The van der Waals surface area contributed by atoms with E-state index < -0.39 is 0 Å². The molecule has 0 fully saturated rings. The van der Waals surface area contributed by atoms with Crippen molar-refractivity contribution in [2.75, 3.05) is 25.5 Å². The smallest absolute Gasteiger partial charge is 0.238 e. The zero-order chi connectivity index (χ0) is 20.7. The van der Waals surface area contributed by atoms with Crippen molar-refractivity contribution in [1.82, 2.24) is 10.2 Å². The number of carbonyl (C=O) groups is 2. The molecule has 0 aliphatic heterocycles. The molecule has 1 atom stereocenters. The lowest BCUT2D eigenvalue weighted by atomic mass is 10.0. The molecule has 5 heteroatoms. The second-order valence-corrected chi connectivity index (χ2v) is 7.36. The van der Waals surface area contributed by atoms with Gasteiger partial charge in [0.2, 0.25) is 11.8 Å². The summed E-state index contributed by atoms with van der Waals surface area (Å²) in [7, 11) is 1.77. The Morgan fingerprint density at radius 1 is 1.00 bits per heavy atom. The molecule has 0 aliphatic carbocycles. The van der Waals surface area contributed by atoms with Crippen LogP contribution in [0.15, 0.2) is 42.5 Å². The highest BCUT2D eigenvalue weighted by Gasteiger charge is 2.14. The van der Waals surface area contributed by atoms with Crippen molar-refractivity contribution in [1.29, 1.82) is 0 Å². The van der Waals surface area contributed by atoms with Crippen LogP contribution < -0.4 is 10.6 Å². The van der Waals surface area contributed by atoms with E-state index in [1.807, 2.05) is 37.3 Å². The number of hydrogen-bond donors (Lipinski definition) is 2. The van der Waals surface area contributed by atoms with E-state index >= 15 is 0 Å². The van der Waals surface area contributed by atoms with E-state index in [0.29, 0.717) is 0 Å². The van der Waals surface area contributed by atoms with Gasteiger partial charge in [0.15, 0.2) is 0 Å². The Bertz CT molecular complexity index is 832. The van der Waals surface area contributed by atoms with Gasteiger partial charge in [-0.1, -0.05) is 43.3 Å². The SMILES string of the molecule is CCc1ccccc1NC(=O)CN(C)CC(=O)NC(C)c1ccc(C)c(C)c1. The Labute approximate surface area is 168 Å². The first-order valence-corrected chi connectivity index (χ1v) is 9.73. The van der Waals surface area contributed by atoms with Crippen molar-refractivity contribution in [3.63, 3.8) is 0 Å². The number of nitrogens with zero attached hydrogens (tertiary/aromatic N) is 1. The summed E-state index contributed by atoms with van der Waals surface area (Å²) < 4.78 is 0. The van der Waals surface area contributed by atoms with Gasteiger partial charge in [-0.3, -0.25) is 14.5 Å². The van der Waals surface area contributed by atoms with Gasteiger partial charge in [0, 0.05) is 5.69 Å². The molecule has 0 aliphatic rings. The van der Waals surface area contributed by atoms with Crippen LogP contribution in [0.3, 0.4) is 0 Å². The Balaban J connectivity index is 1.84. The van der Waals surface area contributed by atoms with Crippen LogP contribution in [-0.2, 0) is 16.0 Å². The van der Waals surface area contributed by atoms with Gasteiger partial charge in [0.1, 0.15) is 0 Å². The van der Waals surface area contributed by atoms with E-state index in [1.165, 1.54) is 11.1 Å².